The fourth-order valence-corrected chi connectivity index (χ4v) is 2.54. The van der Waals surface area contributed by atoms with E-state index >= 15 is 0 Å². The minimum atomic E-state index is -0.443. The molecule has 1 rings (SSSR count). The maximum atomic E-state index is 12.0. The molecule has 3 N–H and O–H groups in total. The van der Waals surface area contributed by atoms with Crippen LogP contribution in [0.1, 0.15) is 45.7 Å². The fourth-order valence-electron chi connectivity index (χ4n) is 2.18. The van der Waals surface area contributed by atoms with Crippen molar-refractivity contribution >= 4 is 18.4 Å². The van der Waals surface area contributed by atoms with E-state index in [1.807, 2.05) is 13.8 Å². The number of aromatic amines is 1. The number of nitrogens with one attached hydrogen (secondary N) is 2. The molecule has 1 atom stereocenters. The van der Waals surface area contributed by atoms with Crippen LogP contribution in [0.25, 0.3) is 0 Å². The lowest BCUT2D eigenvalue weighted by Crippen LogP contribution is -2.30. The minimum Gasteiger partial charge on any atom is -0.494 e. The topological polar surface area (TPSA) is 85.7 Å². The Balaban J connectivity index is 2.86. The Morgan fingerprint density at radius 3 is 2.65 bits per heavy atom. The average molecular weight is 341 g/mol. The zero-order chi connectivity index (χ0) is 17.4. The molecule has 0 radical (unpaired) electrons. The molecule has 0 amide bonds. The van der Waals surface area contributed by atoms with E-state index in [0.717, 1.165) is 26.1 Å². The number of likely N-dealkylation sites (N-methyl/N-ethyl adjacent to an activating group) is 1. The summed E-state index contributed by atoms with van der Waals surface area (Å²) < 4.78 is 1.75. The van der Waals surface area contributed by atoms with E-state index in [-0.39, 0.29) is 22.3 Å². The monoisotopic (exact) mass is 341 g/mol. The molecular formula is C15H27N5O2S. The first kappa shape index (κ1) is 19.4. The minimum absolute atomic E-state index is 0.0119. The Hall–Kier alpha value is -1.67. The van der Waals surface area contributed by atoms with Gasteiger partial charge in [0.25, 0.3) is 5.56 Å². The Morgan fingerprint density at radius 2 is 2.09 bits per heavy atom. The Bertz CT molecular complexity index is 634. The van der Waals surface area contributed by atoms with Crippen LogP contribution in [-0.2, 0) is 0 Å². The molecule has 130 valence electrons. The second kappa shape index (κ2) is 9.46. The normalized spacial score (nSPS) is 12.9. The molecule has 7 nitrogen and oxygen atoms in total. The summed E-state index contributed by atoms with van der Waals surface area (Å²) in [5.41, 5.74) is 2.56. The van der Waals surface area contributed by atoms with Crippen molar-refractivity contribution < 1.29 is 5.11 Å². The summed E-state index contributed by atoms with van der Waals surface area (Å²) in [6, 6.07) is -0.0119. The third-order valence-electron chi connectivity index (χ3n) is 3.90. The van der Waals surface area contributed by atoms with Gasteiger partial charge in [0.15, 0.2) is 4.77 Å². The molecule has 8 heteroatoms. The fraction of sp³-hybridized carbons (Fsp3) is 0.667. The number of H-pyrrole nitrogens is 1. The SMILES string of the molecule is CC[C@H](C)n1c(O)c(/C=N/NCCN(CC)CC)c(=O)[nH]c1=S. The molecule has 0 bridgehead atoms. The van der Waals surface area contributed by atoms with Crippen LogP contribution in [0, 0.1) is 4.77 Å². The summed E-state index contributed by atoms with van der Waals surface area (Å²) in [5, 5.41) is 14.4. The van der Waals surface area contributed by atoms with Gasteiger partial charge in [-0.2, -0.15) is 5.10 Å². The predicted octanol–water partition coefficient (Wildman–Crippen LogP) is 1.85. The molecule has 1 heterocycles. The molecule has 0 fully saturated rings. The molecule has 0 saturated carbocycles. The first-order chi connectivity index (χ1) is 11.0. The van der Waals surface area contributed by atoms with Crippen molar-refractivity contribution in [3.8, 4) is 5.88 Å². The highest BCUT2D eigenvalue weighted by Crippen LogP contribution is 2.19. The third kappa shape index (κ3) is 5.18. The van der Waals surface area contributed by atoms with Crippen molar-refractivity contribution in [3.05, 3.63) is 20.7 Å². The highest BCUT2D eigenvalue weighted by atomic mass is 32.1. The molecule has 0 aliphatic carbocycles. The van der Waals surface area contributed by atoms with Gasteiger partial charge in [-0.25, -0.2) is 0 Å². The number of rotatable bonds is 9. The van der Waals surface area contributed by atoms with Crippen LogP contribution in [0.2, 0.25) is 0 Å². The highest BCUT2D eigenvalue weighted by Gasteiger charge is 2.14. The van der Waals surface area contributed by atoms with Gasteiger partial charge >= 0.3 is 0 Å². The van der Waals surface area contributed by atoms with Crippen LogP contribution in [-0.4, -0.2) is 52.0 Å². The number of hydrazone groups is 1. The van der Waals surface area contributed by atoms with Crippen LogP contribution >= 0.6 is 12.2 Å². The van der Waals surface area contributed by atoms with Crippen molar-refractivity contribution in [1.82, 2.24) is 19.9 Å². The van der Waals surface area contributed by atoms with Crippen LogP contribution < -0.4 is 11.0 Å². The number of aromatic nitrogens is 2. The number of nitrogens with zero attached hydrogens (tertiary/aromatic N) is 3. The predicted molar refractivity (Wildman–Crippen MR) is 95.9 cm³/mol. The smallest absolute Gasteiger partial charge is 0.264 e. The van der Waals surface area contributed by atoms with Crippen molar-refractivity contribution in [2.45, 2.75) is 40.2 Å². The van der Waals surface area contributed by atoms with Gasteiger partial charge in [0.05, 0.1) is 6.21 Å². The first-order valence-electron chi connectivity index (χ1n) is 8.02. The van der Waals surface area contributed by atoms with Crippen LogP contribution in [0.3, 0.4) is 0 Å². The summed E-state index contributed by atoms with van der Waals surface area (Å²) in [6.07, 6.45) is 2.12. The van der Waals surface area contributed by atoms with Crippen molar-refractivity contribution in [3.63, 3.8) is 0 Å². The van der Waals surface area contributed by atoms with Gasteiger partial charge in [0.1, 0.15) is 5.56 Å². The van der Waals surface area contributed by atoms with E-state index < -0.39 is 5.56 Å². The average Bonchev–Trinajstić information content (AvgIpc) is 2.52. The lowest BCUT2D eigenvalue weighted by molar-refractivity contribution is 0.303. The van der Waals surface area contributed by atoms with E-state index in [2.05, 4.69) is 34.3 Å². The summed E-state index contributed by atoms with van der Waals surface area (Å²) >= 11 is 5.12. The molecule has 0 aliphatic heterocycles. The first-order valence-corrected chi connectivity index (χ1v) is 8.43. The summed E-state index contributed by atoms with van der Waals surface area (Å²) in [4.78, 5) is 16.8. The quantitative estimate of drug-likeness (QED) is 0.276. The Kier molecular flexibility index (Phi) is 7.97. The van der Waals surface area contributed by atoms with Crippen molar-refractivity contribution in [2.24, 2.45) is 5.10 Å². The van der Waals surface area contributed by atoms with E-state index in [4.69, 9.17) is 12.2 Å². The standard InChI is InChI=1S/C15H27N5O2S/c1-5-11(4)20-14(22)12(13(21)18-15(20)23)10-17-16-8-9-19(6-2)7-3/h10-11,16,22H,5-9H2,1-4H3,(H,18,21,23)/b17-10+/t11-/m0/s1. The second-order valence-electron chi connectivity index (χ2n) is 5.32. The largest absolute Gasteiger partial charge is 0.494 e. The molecule has 23 heavy (non-hydrogen) atoms. The zero-order valence-corrected chi connectivity index (χ0v) is 15.1. The van der Waals surface area contributed by atoms with Gasteiger partial charge in [-0.3, -0.25) is 14.3 Å². The molecular weight excluding hydrogens is 314 g/mol. The number of hydrogen-bond acceptors (Lipinski definition) is 6. The molecule has 0 spiro atoms. The summed E-state index contributed by atoms with van der Waals surface area (Å²) in [7, 11) is 0. The van der Waals surface area contributed by atoms with Crippen LogP contribution in [0.5, 0.6) is 5.88 Å². The van der Waals surface area contributed by atoms with Crippen molar-refractivity contribution in [2.75, 3.05) is 26.2 Å². The van der Waals surface area contributed by atoms with Gasteiger partial charge in [-0.05, 0) is 38.7 Å². The van der Waals surface area contributed by atoms with E-state index in [0.29, 0.717) is 6.54 Å². The lowest BCUT2D eigenvalue weighted by atomic mass is 10.2. The van der Waals surface area contributed by atoms with E-state index in [9.17, 15) is 9.90 Å². The molecule has 0 unspecified atom stereocenters. The zero-order valence-electron chi connectivity index (χ0n) is 14.3. The Labute approximate surface area is 142 Å². The van der Waals surface area contributed by atoms with Gasteiger partial charge in [-0.15, -0.1) is 0 Å². The molecule has 1 aromatic rings. The van der Waals surface area contributed by atoms with Gasteiger partial charge < -0.3 is 15.4 Å². The molecule has 0 aliphatic rings. The maximum Gasteiger partial charge on any atom is 0.264 e. The molecule has 1 aromatic heterocycles. The maximum absolute atomic E-state index is 12.0. The summed E-state index contributed by atoms with van der Waals surface area (Å²) in [6.45, 7) is 11.6. The molecule has 0 aromatic carbocycles. The van der Waals surface area contributed by atoms with Crippen LogP contribution in [0.15, 0.2) is 9.90 Å². The third-order valence-corrected chi connectivity index (χ3v) is 4.20. The summed E-state index contributed by atoms with van der Waals surface area (Å²) in [5.74, 6) is -0.151. The van der Waals surface area contributed by atoms with Gasteiger partial charge in [0, 0.05) is 19.1 Å². The van der Waals surface area contributed by atoms with Gasteiger partial charge in [0.2, 0.25) is 5.88 Å². The van der Waals surface area contributed by atoms with Gasteiger partial charge in [-0.1, -0.05) is 20.8 Å². The number of hydrogen-bond donors (Lipinski definition) is 3. The Morgan fingerprint density at radius 1 is 1.43 bits per heavy atom. The number of aromatic hydroxyl groups is 1. The highest BCUT2D eigenvalue weighted by molar-refractivity contribution is 7.71. The van der Waals surface area contributed by atoms with E-state index in [1.165, 1.54) is 10.8 Å². The van der Waals surface area contributed by atoms with E-state index in [1.54, 1.807) is 0 Å². The van der Waals surface area contributed by atoms with Crippen molar-refractivity contribution in [1.29, 1.82) is 0 Å². The second-order valence-corrected chi connectivity index (χ2v) is 5.70. The lowest BCUT2D eigenvalue weighted by Gasteiger charge is -2.17. The van der Waals surface area contributed by atoms with Crippen LogP contribution in [0.4, 0.5) is 0 Å². The molecule has 0 saturated heterocycles.